The van der Waals surface area contributed by atoms with Crippen LogP contribution in [0, 0.1) is 0 Å². The summed E-state index contributed by atoms with van der Waals surface area (Å²) < 4.78 is 0. The normalized spacial score (nSPS) is 10.4. The van der Waals surface area contributed by atoms with Crippen molar-refractivity contribution >= 4 is 12.0 Å². The van der Waals surface area contributed by atoms with Gasteiger partial charge < -0.3 is 5.11 Å². The number of carboxylic acid groups (broad SMARTS) is 1. The lowest BCUT2D eigenvalue weighted by atomic mass is 9.89. The first kappa shape index (κ1) is 19.2. The first-order chi connectivity index (χ1) is 12.7. The fourth-order valence-corrected chi connectivity index (χ4v) is 2.77. The van der Waals surface area contributed by atoms with Gasteiger partial charge in [0.2, 0.25) is 0 Å². The average molecular weight is 344 g/mol. The topological polar surface area (TPSA) is 37.3 Å². The van der Waals surface area contributed by atoms with Gasteiger partial charge in [-0.05, 0) is 29.2 Å². The highest BCUT2D eigenvalue weighted by Gasteiger charge is 2.10. The molecule has 132 valence electrons. The second-order valence-corrected chi connectivity index (χ2v) is 5.86. The molecule has 0 unspecified atom stereocenters. The van der Waals surface area contributed by atoms with Gasteiger partial charge >= 0.3 is 5.97 Å². The van der Waals surface area contributed by atoms with Gasteiger partial charge in [0.15, 0.2) is 0 Å². The molecule has 0 aliphatic carbocycles. The maximum atomic E-state index is 10.1. The highest BCUT2D eigenvalue weighted by Crippen LogP contribution is 2.26. The highest BCUT2D eigenvalue weighted by atomic mass is 16.4. The van der Waals surface area contributed by atoms with Crippen LogP contribution in [0.2, 0.25) is 0 Å². The van der Waals surface area contributed by atoms with E-state index in [1.807, 2.05) is 30.3 Å². The van der Waals surface area contributed by atoms with Crippen LogP contribution in [0.5, 0.6) is 0 Å². The molecule has 2 nitrogen and oxygen atoms in total. The Hall–Kier alpha value is -3.13. The van der Waals surface area contributed by atoms with E-state index in [1.54, 1.807) is 6.08 Å². The SMILES string of the molecule is CCC(c1ccccc1)c1ccccc1.O=C(O)C=Cc1ccccc1. The van der Waals surface area contributed by atoms with Crippen molar-refractivity contribution in [2.45, 2.75) is 19.3 Å². The van der Waals surface area contributed by atoms with E-state index in [0.717, 1.165) is 18.1 Å². The van der Waals surface area contributed by atoms with Crippen molar-refractivity contribution in [1.82, 2.24) is 0 Å². The molecule has 3 aromatic carbocycles. The molecule has 0 saturated heterocycles. The fraction of sp³-hybridized carbons (Fsp3) is 0.125. The lowest BCUT2D eigenvalue weighted by Gasteiger charge is -2.15. The third kappa shape index (κ3) is 6.40. The number of hydrogen-bond donors (Lipinski definition) is 1. The molecule has 0 radical (unpaired) electrons. The third-order valence-electron chi connectivity index (χ3n) is 4.03. The van der Waals surface area contributed by atoms with Crippen molar-refractivity contribution in [3.8, 4) is 0 Å². The van der Waals surface area contributed by atoms with Gasteiger partial charge in [0, 0.05) is 12.0 Å². The Bertz CT molecular complexity index is 754. The minimum absolute atomic E-state index is 0.535. The van der Waals surface area contributed by atoms with E-state index >= 15 is 0 Å². The van der Waals surface area contributed by atoms with Crippen LogP contribution in [0.25, 0.3) is 6.08 Å². The third-order valence-corrected chi connectivity index (χ3v) is 4.03. The van der Waals surface area contributed by atoms with Crippen LogP contribution in [-0.4, -0.2) is 11.1 Å². The summed E-state index contributed by atoms with van der Waals surface area (Å²) in [5.41, 5.74) is 3.72. The Balaban J connectivity index is 0.000000197. The summed E-state index contributed by atoms with van der Waals surface area (Å²) in [6.45, 7) is 2.24. The van der Waals surface area contributed by atoms with Gasteiger partial charge in [0.25, 0.3) is 0 Å². The molecule has 3 aromatic rings. The molecular weight excluding hydrogens is 320 g/mol. The molecule has 0 saturated carbocycles. The Labute approximate surface area is 155 Å². The Morgan fingerprint density at radius 2 is 1.23 bits per heavy atom. The summed E-state index contributed by atoms with van der Waals surface area (Å²) in [6.07, 6.45) is 3.83. The monoisotopic (exact) mass is 344 g/mol. The summed E-state index contributed by atoms with van der Waals surface area (Å²) in [6, 6.07) is 30.7. The number of hydrogen-bond acceptors (Lipinski definition) is 1. The van der Waals surface area contributed by atoms with Gasteiger partial charge in [-0.1, -0.05) is 97.9 Å². The molecule has 0 atom stereocenters. The van der Waals surface area contributed by atoms with E-state index in [4.69, 9.17) is 5.11 Å². The largest absolute Gasteiger partial charge is 0.478 e. The van der Waals surface area contributed by atoms with E-state index < -0.39 is 5.97 Å². The maximum Gasteiger partial charge on any atom is 0.328 e. The van der Waals surface area contributed by atoms with Gasteiger partial charge in [-0.2, -0.15) is 0 Å². The molecule has 0 aromatic heterocycles. The van der Waals surface area contributed by atoms with Gasteiger partial charge in [0.05, 0.1) is 0 Å². The van der Waals surface area contributed by atoms with Crippen LogP contribution in [0.4, 0.5) is 0 Å². The Morgan fingerprint density at radius 3 is 1.62 bits per heavy atom. The second kappa shape index (κ2) is 10.7. The molecule has 0 aliphatic rings. The first-order valence-electron chi connectivity index (χ1n) is 8.76. The van der Waals surface area contributed by atoms with Crippen LogP contribution in [-0.2, 0) is 4.79 Å². The van der Waals surface area contributed by atoms with E-state index in [1.165, 1.54) is 11.1 Å². The van der Waals surface area contributed by atoms with Gasteiger partial charge in [-0.25, -0.2) is 4.79 Å². The van der Waals surface area contributed by atoms with Crippen molar-refractivity contribution in [2.75, 3.05) is 0 Å². The smallest absolute Gasteiger partial charge is 0.328 e. The summed E-state index contributed by atoms with van der Waals surface area (Å²) in [5.74, 6) is -0.388. The molecule has 2 heteroatoms. The lowest BCUT2D eigenvalue weighted by Crippen LogP contribution is -1.98. The Kier molecular flexibility index (Phi) is 7.88. The fourth-order valence-electron chi connectivity index (χ4n) is 2.77. The average Bonchev–Trinajstić information content (AvgIpc) is 2.70. The van der Waals surface area contributed by atoms with E-state index in [2.05, 4.69) is 67.6 Å². The van der Waals surface area contributed by atoms with Crippen molar-refractivity contribution < 1.29 is 9.90 Å². The maximum absolute atomic E-state index is 10.1. The number of carboxylic acids is 1. The molecule has 0 spiro atoms. The van der Waals surface area contributed by atoms with Crippen molar-refractivity contribution in [1.29, 1.82) is 0 Å². The summed E-state index contributed by atoms with van der Waals surface area (Å²) in [7, 11) is 0. The zero-order valence-electron chi connectivity index (χ0n) is 15.0. The zero-order valence-corrected chi connectivity index (χ0v) is 15.0. The number of rotatable bonds is 5. The summed E-state index contributed by atoms with van der Waals surface area (Å²) in [5, 5.41) is 8.29. The molecular formula is C24H24O2. The quantitative estimate of drug-likeness (QED) is 0.575. The molecule has 0 heterocycles. The van der Waals surface area contributed by atoms with Crippen molar-refractivity contribution in [3.05, 3.63) is 114 Å². The highest BCUT2D eigenvalue weighted by molar-refractivity contribution is 5.85. The van der Waals surface area contributed by atoms with Crippen LogP contribution >= 0.6 is 0 Å². The first-order valence-corrected chi connectivity index (χ1v) is 8.76. The molecule has 3 rings (SSSR count). The van der Waals surface area contributed by atoms with Crippen molar-refractivity contribution in [2.24, 2.45) is 0 Å². The van der Waals surface area contributed by atoms with E-state index in [0.29, 0.717) is 5.92 Å². The van der Waals surface area contributed by atoms with Crippen molar-refractivity contribution in [3.63, 3.8) is 0 Å². The minimum Gasteiger partial charge on any atom is -0.478 e. The molecule has 0 amide bonds. The minimum atomic E-state index is -0.922. The molecule has 0 fully saturated rings. The molecule has 0 aliphatic heterocycles. The lowest BCUT2D eigenvalue weighted by molar-refractivity contribution is -0.131. The van der Waals surface area contributed by atoms with E-state index in [9.17, 15) is 4.79 Å². The number of benzene rings is 3. The second-order valence-electron chi connectivity index (χ2n) is 5.86. The van der Waals surface area contributed by atoms with Gasteiger partial charge in [-0.3, -0.25) is 0 Å². The summed E-state index contributed by atoms with van der Waals surface area (Å²) in [4.78, 5) is 10.1. The van der Waals surface area contributed by atoms with Crippen LogP contribution < -0.4 is 0 Å². The predicted octanol–water partition coefficient (Wildman–Crippen LogP) is 6.01. The number of carbonyl (C=O) groups is 1. The zero-order chi connectivity index (χ0) is 18.6. The van der Waals surface area contributed by atoms with Crippen LogP contribution in [0.1, 0.15) is 36.0 Å². The standard InChI is InChI=1S/C15H16.C9H8O2/c1-2-15(13-9-5-3-6-10-13)14-11-7-4-8-12-14;10-9(11)7-6-8-4-2-1-3-5-8/h3-12,15H,2H2,1H3;1-7H,(H,10,11). The number of aliphatic carboxylic acids is 1. The predicted molar refractivity (Wildman–Crippen MR) is 108 cm³/mol. The molecule has 1 N–H and O–H groups in total. The van der Waals surface area contributed by atoms with Gasteiger partial charge in [-0.15, -0.1) is 0 Å². The van der Waals surface area contributed by atoms with E-state index in [-0.39, 0.29) is 0 Å². The Morgan fingerprint density at radius 1 is 0.808 bits per heavy atom. The molecule has 0 bridgehead atoms. The molecule has 26 heavy (non-hydrogen) atoms. The summed E-state index contributed by atoms with van der Waals surface area (Å²) >= 11 is 0. The van der Waals surface area contributed by atoms with Crippen LogP contribution in [0.3, 0.4) is 0 Å². The van der Waals surface area contributed by atoms with Crippen LogP contribution in [0.15, 0.2) is 97.1 Å². The van der Waals surface area contributed by atoms with Gasteiger partial charge in [0.1, 0.15) is 0 Å².